The van der Waals surface area contributed by atoms with Gasteiger partial charge in [-0.05, 0) is 18.9 Å². The third-order valence-electron chi connectivity index (χ3n) is 3.00. The highest BCUT2D eigenvalue weighted by Crippen LogP contribution is 2.09. The second-order valence-corrected chi connectivity index (χ2v) is 4.47. The lowest BCUT2D eigenvalue weighted by Gasteiger charge is -2.19. The van der Waals surface area contributed by atoms with Gasteiger partial charge in [0.25, 0.3) is 5.91 Å². The summed E-state index contributed by atoms with van der Waals surface area (Å²) in [7, 11) is 1.65. The standard InChI is InChI=1S/C12H19N3O3/c1-5-7(2)10(12(17)18)13-11(16)9-6-8(3)14-15(9)4/h6-7,10H,5H2,1-4H3,(H,13,16)(H,17,18)/t7?,10-/m0/s1. The first-order chi connectivity index (χ1) is 8.36. The number of aliphatic carboxylic acids is 1. The number of nitrogens with zero attached hydrogens (tertiary/aromatic N) is 2. The van der Waals surface area contributed by atoms with Crippen LogP contribution in [0.25, 0.3) is 0 Å². The average Bonchev–Trinajstić information content (AvgIpc) is 2.63. The van der Waals surface area contributed by atoms with Gasteiger partial charge in [0, 0.05) is 7.05 Å². The Morgan fingerprint density at radius 1 is 1.56 bits per heavy atom. The van der Waals surface area contributed by atoms with E-state index in [1.54, 1.807) is 27.0 Å². The van der Waals surface area contributed by atoms with Crippen LogP contribution in [0.1, 0.15) is 36.5 Å². The normalized spacial score (nSPS) is 14.0. The summed E-state index contributed by atoms with van der Waals surface area (Å²) in [5.41, 5.74) is 1.08. The maximum Gasteiger partial charge on any atom is 0.326 e. The first kappa shape index (κ1) is 14.2. The molecule has 0 saturated heterocycles. The fourth-order valence-electron chi connectivity index (χ4n) is 1.72. The number of aromatic nitrogens is 2. The van der Waals surface area contributed by atoms with Gasteiger partial charge in [-0.1, -0.05) is 20.3 Å². The van der Waals surface area contributed by atoms with Crippen molar-refractivity contribution < 1.29 is 14.7 Å². The van der Waals surface area contributed by atoms with Crippen molar-refractivity contribution in [3.8, 4) is 0 Å². The van der Waals surface area contributed by atoms with E-state index in [0.29, 0.717) is 12.1 Å². The lowest BCUT2D eigenvalue weighted by atomic mass is 9.99. The Morgan fingerprint density at radius 2 is 2.17 bits per heavy atom. The fraction of sp³-hybridized carbons (Fsp3) is 0.583. The number of hydrogen-bond acceptors (Lipinski definition) is 3. The molecule has 100 valence electrons. The summed E-state index contributed by atoms with van der Waals surface area (Å²) >= 11 is 0. The molecule has 1 rings (SSSR count). The predicted octanol–water partition coefficient (Wildman–Crippen LogP) is 0.958. The Bertz CT molecular complexity index is 453. The van der Waals surface area contributed by atoms with Crippen molar-refractivity contribution in [2.45, 2.75) is 33.2 Å². The Labute approximate surface area is 106 Å². The van der Waals surface area contributed by atoms with Gasteiger partial charge in [0.1, 0.15) is 11.7 Å². The largest absolute Gasteiger partial charge is 0.480 e. The molecule has 1 unspecified atom stereocenters. The van der Waals surface area contributed by atoms with E-state index in [2.05, 4.69) is 10.4 Å². The Kier molecular flexibility index (Phi) is 4.47. The number of amides is 1. The predicted molar refractivity (Wildman–Crippen MR) is 66.3 cm³/mol. The van der Waals surface area contributed by atoms with E-state index in [9.17, 15) is 9.59 Å². The summed E-state index contributed by atoms with van der Waals surface area (Å²) in [6.45, 7) is 5.47. The van der Waals surface area contributed by atoms with Crippen molar-refractivity contribution in [3.05, 3.63) is 17.5 Å². The summed E-state index contributed by atoms with van der Waals surface area (Å²) in [5.74, 6) is -1.55. The molecule has 0 spiro atoms. The van der Waals surface area contributed by atoms with Crippen LogP contribution in [0.4, 0.5) is 0 Å². The van der Waals surface area contributed by atoms with Crippen LogP contribution in [0, 0.1) is 12.8 Å². The van der Waals surface area contributed by atoms with Gasteiger partial charge >= 0.3 is 5.97 Å². The molecule has 0 radical (unpaired) electrons. The zero-order valence-corrected chi connectivity index (χ0v) is 11.1. The first-order valence-corrected chi connectivity index (χ1v) is 5.91. The van der Waals surface area contributed by atoms with Gasteiger partial charge in [-0.15, -0.1) is 0 Å². The molecule has 6 heteroatoms. The van der Waals surface area contributed by atoms with E-state index >= 15 is 0 Å². The molecule has 0 aliphatic rings. The minimum absolute atomic E-state index is 0.124. The van der Waals surface area contributed by atoms with Gasteiger partial charge in [-0.3, -0.25) is 9.48 Å². The van der Waals surface area contributed by atoms with Crippen LogP contribution in [0.2, 0.25) is 0 Å². The molecule has 0 saturated carbocycles. The maximum atomic E-state index is 12.0. The van der Waals surface area contributed by atoms with Crippen LogP contribution in [0.15, 0.2) is 6.07 Å². The summed E-state index contributed by atoms with van der Waals surface area (Å²) in [5, 5.41) is 15.7. The number of carbonyl (C=O) groups is 2. The second-order valence-electron chi connectivity index (χ2n) is 4.47. The molecule has 1 aromatic heterocycles. The molecular formula is C12H19N3O3. The Balaban J connectivity index is 2.85. The third kappa shape index (κ3) is 3.09. The Hall–Kier alpha value is -1.85. The van der Waals surface area contributed by atoms with Gasteiger partial charge in [0.05, 0.1) is 5.69 Å². The second kappa shape index (κ2) is 5.66. The van der Waals surface area contributed by atoms with Crippen LogP contribution >= 0.6 is 0 Å². The highest BCUT2D eigenvalue weighted by molar-refractivity contribution is 5.95. The molecule has 2 N–H and O–H groups in total. The lowest BCUT2D eigenvalue weighted by Crippen LogP contribution is -2.45. The van der Waals surface area contributed by atoms with E-state index in [1.165, 1.54) is 4.68 Å². The van der Waals surface area contributed by atoms with E-state index in [4.69, 9.17) is 5.11 Å². The molecule has 0 aromatic carbocycles. The van der Waals surface area contributed by atoms with Crippen molar-refractivity contribution in [3.63, 3.8) is 0 Å². The highest BCUT2D eigenvalue weighted by Gasteiger charge is 2.26. The van der Waals surface area contributed by atoms with Crippen molar-refractivity contribution in [2.24, 2.45) is 13.0 Å². The third-order valence-corrected chi connectivity index (χ3v) is 3.00. The molecule has 0 aliphatic carbocycles. The highest BCUT2D eigenvalue weighted by atomic mass is 16.4. The molecule has 6 nitrogen and oxygen atoms in total. The Morgan fingerprint density at radius 3 is 2.56 bits per heavy atom. The van der Waals surface area contributed by atoms with Crippen LogP contribution in [0.3, 0.4) is 0 Å². The van der Waals surface area contributed by atoms with Crippen molar-refractivity contribution in [2.75, 3.05) is 0 Å². The van der Waals surface area contributed by atoms with Gasteiger partial charge in [0.2, 0.25) is 0 Å². The van der Waals surface area contributed by atoms with Crippen molar-refractivity contribution in [1.29, 1.82) is 0 Å². The summed E-state index contributed by atoms with van der Waals surface area (Å²) < 4.78 is 1.44. The molecule has 2 atom stereocenters. The molecule has 18 heavy (non-hydrogen) atoms. The topological polar surface area (TPSA) is 84.2 Å². The van der Waals surface area contributed by atoms with Crippen LogP contribution in [-0.4, -0.2) is 32.8 Å². The number of carboxylic acid groups (broad SMARTS) is 1. The number of hydrogen-bond donors (Lipinski definition) is 2. The first-order valence-electron chi connectivity index (χ1n) is 5.91. The molecular weight excluding hydrogens is 234 g/mol. The number of carboxylic acids is 1. The number of nitrogens with one attached hydrogen (secondary N) is 1. The number of aryl methyl sites for hydroxylation is 2. The van der Waals surface area contributed by atoms with Gasteiger partial charge < -0.3 is 10.4 Å². The van der Waals surface area contributed by atoms with E-state index in [-0.39, 0.29) is 5.92 Å². The van der Waals surface area contributed by atoms with Crippen LogP contribution in [0.5, 0.6) is 0 Å². The average molecular weight is 253 g/mol. The lowest BCUT2D eigenvalue weighted by molar-refractivity contribution is -0.140. The fourth-order valence-corrected chi connectivity index (χ4v) is 1.72. The van der Waals surface area contributed by atoms with E-state index in [0.717, 1.165) is 5.69 Å². The van der Waals surface area contributed by atoms with Gasteiger partial charge in [-0.25, -0.2) is 4.79 Å². The van der Waals surface area contributed by atoms with Crippen LogP contribution < -0.4 is 5.32 Å². The molecule has 0 bridgehead atoms. The number of rotatable bonds is 5. The number of carbonyl (C=O) groups excluding carboxylic acids is 1. The SMILES string of the molecule is CCC(C)[C@H](NC(=O)c1cc(C)nn1C)C(=O)O. The minimum Gasteiger partial charge on any atom is -0.480 e. The molecule has 0 aliphatic heterocycles. The summed E-state index contributed by atoms with van der Waals surface area (Å²) in [6.07, 6.45) is 0.682. The van der Waals surface area contributed by atoms with Gasteiger partial charge in [0.15, 0.2) is 0 Å². The maximum absolute atomic E-state index is 12.0. The van der Waals surface area contributed by atoms with Gasteiger partial charge in [-0.2, -0.15) is 5.10 Å². The summed E-state index contributed by atoms with van der Waals surface area (Å²) in [4.78, 5) is 23.1. The molecule has 1 aromatic rings. The minimum atomic E-state index is -1.02. The van der Waals surface area contributed by atoms with E-state index < -0.39 is 17.9 Å². The van der Waals surface area contributed by atoms with Crippen molar-refractivity contribution >= 4 is 11.9 Å². The monoisotopic (exact) mass is 253 g/mol. The molecule has 1 amide bonds. The summed E-state index contributed by atoms with van der Waals surface area (Å²) in [6, 6.07) is 0.753. The van der Waals surface area contributed by atoms with Crippen LogP contribution in [-0.2, 0) is 11.8 Å². The van der Waals surface area contributed by atoms with E-state index in [1.807, 2.05) is 6.92 Å². The zero-order chi connectivity index (χ0) is 13.9. The zero-order valence-electron chi connectivity index (χ0n) is 11.1. The van der Waals surface area contributed by atoms with Crippen molar-refractivity contribution in [1.82, 2.24) is 15.1 Å². The quantitative estimate of drug-likeness (QED) is 0.818. The molecule has 0 fully saturated rings. The smallest absolute Gasteiger partial charge is 0.326 e. The molecule has 1 heterocycles.